The lowest BCUT2D eigenvalue weighted by Gasteiger charge is -2.13. The minimum atomic E-state index is -4.52. The van der Waals surface area contributed by atoms with E-state index in [0.29, 0.717) is 24.0 Å². The third-order valence-electron chi connectivity index (χ3n) is 6.27. The third kappa shape index (κ3) is 7.87. The molecule has 0 aromatic heterocycles. The van der Waals surface area contributed by atoms with E-state index in [1.165, 1.54) is 13.0 Å². The molecule has 0 radical (unpaired) electrons. The minimum absolute atomic E-state index is 0.00652. The van der Waals surface area contributed by atoms with E-state index >= 15 is 0 Å². The summed E-state index contributed by atoms with van der Waals surface area (Å²) in [4.78, 5) is 36.1. The summed E-state index contributed by atoms with van der Waals surface area (Å²) in [6, 6.07) is 16.6. The van der Waals surface area contributed by atoms with E-state index < -0.39 is 11.7 Å². The van der Waals surface area contributed by atoms with Crippen molar-refractivity contribution in [3.63, 3.8) is 0 Å². The van der Waals surface area contributed by atoms with Crippen molar-refractivity contribution < 1.29 is 27.6 Å². The normalized spacial score (nSPS) is 11.3. The summed E-state index contributed by atoms with van der Waals surface area (Å²) in [5, 5.41) is 2.62. The molecule has 0 atom stereocenters. The van der Waals surface area contributed by atoms with Crippen molar-refractivity contribution in [1.29, 1.82) is 0 Å². The standard InChI is InChI=1S/C30H30F3NO3/c1-19-13-21(7-9-23(19)15-22-5-4-6-25(16-22)29(37)34-3)8-12-28(36)18-26-17-27(30(31,32)33)11-10-24(26)14-20(2)35/h4-7,9-11,13,16-17H,8,12,14-15,18H2,1-3H3,(H,34,37). The zero-order chi connectivity index (χ0) is 27.2. The number of carbonyl (C=O) groups excluding carboxylic acids is 3. The first-order chi connectivity index (χ1) is 17.5. The second kappa shape index (κ2) is 12.0. The van der Waals surface area contributed by atoms with Crippen LogP contribution in [-0.2, 0) is 41.4 Å². The van der Waals surface area contributed by atoms with Crippen LogP contribution in [0, 0.1) is 6.92 Å². The van der Waals surface area contributed by atoms with Gasteiger partial charge in [-0.25, -0.2) is 0 Å². The van der Waals surface area contributed by atoms with E-state index in [4.69, 9.17) is 0 Å². The highest BCUT2D eigenvalue weighted by Crippen LogP contribution is 2.31. The number of ketones is 2. The van der Waals surface area contributed by atoms with E-state index in [1.807, 2.05) is 43.3 Å². The molecule has 7 heteroatoms. The predicted molar refractivity (Wildman–Crippen MR) is 137 cm³/mol. The average Bonchev–Trinajstić information content (AvgIpc) is 2.84. The van der Waals surface area contributed by atoms with Gasteiger partial charge >= 0.3 is 6.18 Å². The van der Waals surface area contributed by atoms with Crippen molar-refractivity contribution in [2.45, 2.75) is 52.1 Å². The number of halogens is 3. The maximum Gasteiger partial charge on any atom is 0.416 e. The fourth-order valence-corrected chi connectivity index (χ4v) is 4.29. The van der Waals surface area contributed by atoms with Crippen LogP contribution in [0.2, 0.25) is 0 Å². The van der Waals surface area contributed by atoms with Crippen LogP contribution < -0.4 is 5.32 Å². The predicted octanol–water partition coefficient (Wildman–Crippen LogP) is 5.84. The number of alkyl halides is 3. The molecule has 1 amide bonds. The Morgan fingerprint density at radius 1 is 0.838 bits per heavy atom. The molecule has 37 heavy (non-hydrogen) atoms. The van der Waals surface area contributed by atoms with Crippen LogP contribution in [0.5, 0.6) is 0 Å². The maximum atomic E-state index is 13.2. The third-order valence-corrected chi connectivity index (χ3v) is 6.27. The molecule has 4 nitrogen and oxygen atoms in total. The summed E-state index contributed by atoms with van der Waals surface area (Å²) in [5.74, 6) is -0.501. The van der Waals surface area contributed by atoms with Crippen LogP contribution in [-0.4, -0.2) is 24.5 Å². The number of hydrogen-bond donors (Lipinski definition) is 1. The van der Waals surface area contributed by atoms with Gasteiger partial charge in [0.15, 0.2) is 0 Å². The van der Waals surface area contributed by atoms with E-state index in [-0.39, 0.29) is 42.3 Å². The molecule has 0 unspecified atom stereocenters. The fourth-order valence-electron chi connectivity index (χ4n) is 4.29. The van der Waals surface area contributed by atoms with E-state index in [2.05, 4.69) is 5.32 Å². The molecule has 0 fully saturated rings. The first-order valence-corrected chi connectivity index (χ1v) is 12.1. The van der Waals surface area contributed by atoms with E-state index in [1.54, 1.807) is 13.1 Å². The lowest BCUT2D eigenvalue weighted by molar-refractivity contribution is -0.137. The Bertz CT molecular complexity index is 1310. The highest BCUT2D eigenvalue weighted by Gasteiger charge is 2.31. The minimum Gasteiger partial charge on any atom is -0.355 e. The van der Waals surface area contributed by atoms with Gasteiger partial charge in [-0.05, 0) is 84.3 Å². The molecule has 194 valence electrons. The van der Waals surface area contributed by atoms with Gasteiger partial charge < -0.3 is 5.32 Å². The monoisotopic (exact) mass is 509 g/mol. The highest BCUT2D eigenvalue weighted by atomic mass is 19.4. The molecule has 0 aliphatic rings. The first-order valence-electron chi connectivity index (χ1n) is 12.1. The molecular weight excluding hydrogens is 479 g/mol. The Kier molecular flexibility index (Phi) is 9.03. The zero-order valence-corrected chi connectivity index (χ0v) is 21.2. The molecule has 0 heterocycles. The molecular formula is C30H30F3NO3. The largest absolute Gasteiger partial charge is 0.416 e. The second-order valence-electron chi connectivity index (χ2n) is 9.29. The molecule has 0 aliphatic heterocycles. The van der Waals surface area contributed by atoms with Gasteiger partial charge in [-0.15, -0.1) is 0 Å². The van der Waals surface area contributed by atoms with Crippen LogP contribution in [0.4, 0.5) is 13.2 Å². The molecule has 0 saturated carbocycles. The molecule has 0 saturated heterocycles. The second-order valence-corrected chi connectivity index (χ2v) is 9.29. The smallest absolute Gasteiger partial charge is 0.355 e. The van der Waals surface area contributed by atoms with Crippen molar-refractivity contribution in [3.05, 3.63) is 105 Å². The summed E-state index contributed by atoms with van der Waals surface area (Å²) in [6.45, 7) is 3.35. The molecule has 3 aromatic carbocycles. The van der Waals surface area contributed by atoms with Gasteiger partial charge in [0, 0.05) is 31.9 Å². The Labute approximate surface area is 214 Å². The molecule has 0 bridgehead atoms. The summed E-state index contributed by atoms with van der Waals surface area (Å²) < 4.78 is 39.5. The highest BCUT2D eigenvalue weighted by molar-refractivity contribution is 5.94. The van der Waals surface area contributed by atoms with Gasteiger partial charge in [0.25, 0.3) is 5.91 Å². The van der Waals surface area contributed by atoms with Gasteiger partial charge in [-0.1, -0.05) is 36.4 Å². The number of nitrogens with one attached hydrogen (secondary N) is 1. The van der Waals surface area contributed by atoms with E-state index in [0.717, 1.165) is 34.4 Å². The topological polar surface area (TPSA) is 63.2 Å². The molecule has 0 aliphatic carbocycles. The summed E-state index contributed by atoms with van der Waals surface area (Å²) in [5.41, 5.74) is 4.60. The Hall–Kier alpha value is -3.74. The van der Waals surface area contributed by atoms with Gasteiger partial charge in [0.2, 0.25) is 0 Å². The number of amides is 1. The van der Waals surface area contributed by atoms with Crippen LogP contribution in [0.3, 0.4) is 0 Å². The summed E-state index contributed by atoms with van der Waals surface area (Å²) in [7, 11) is 1.59. The number of carbonyl (C=O) groups is 3. The van der Waals surface area contributed by atoms with Crippen molar-refractivity contribution in [2.75, 3.05) is 7.05 Å². The number of aryl methyl sites for hydroxylation is 2. The molecule has 1 N–H and O–H groups in total. The lowest BCUT2D eigenvalue weighted by atomic mass is 9.93. The quantitative estimate of drug-likeness (QED) is 0.374. The SMILES string of the molecule is CNC(=O)c1cccc(Cc2ccc(CCC(=O)Cc3cc(C(F)(F)F)ccc3CC(C)=O)cc2C)c1. The summed E-state index contributed by atoms with van der Waals surface area (Å²) >= 11 is 0. The molecule has 3 aromatic rings. The number of hydrogen-bond acceptors (Lipinski definition) is 3. The van der Waals surface area contributed by atoms with Crippen molar-refractivity contribution in [2.24, 2.45) is 0 Å². The van der Waals surface area contributed by atoms with Crippen molar-refractivity contribution >= 4 is 17.5 Å². The van der Waals surface area contributed by atoms with Gasteiger partial charge in [-0.2, -0.15) is 13.2 Å². The van der Waals surface area contributed by atoms with Gasteiger partial charge in [-0.3, -0.25) is 14.4 Å². The first kappa shape index (κ1) is 27.8. The maximum absolute atomic E-state index is 13.2. The number of Topliss-reactive ketones (excluding diaryl/α,β-unsaturated/α-hetero) is 2. The van der Waals surface area contributed by atoms with Crippen LogP contribution in [0.25, 0.3) is 0 Å². The van der Waals surface area contributed by atoms with Crippen LogP contribution in [0.1, 0.15) is 62.6 Å². The van der Waals surface area contributed by atoms with Crippen molar-refractivity contribution in [1.82, 2.24) is 5.32 Å². The Morgan fingerprint density at radius 3 is 2.22 bits per heavy atom. The van der Waals surface area contributed by atoms with Crippen LogP contribution >= 0.6 is 0 Å². The summed E-state index contributed by atoms with van der Waals surface area (Å²) in [6.07, 6.45) is -3.37. The lowest BCUT2D eigenvalue weighted by Crippen LogP contribution is -2.17. The average molecular weight is 510 g/mol. The van der Waals surface area contributed by atoms with E-state index in [9.17, 15) is 27.6 Å². The Balaban J connectivity index is 1.66. The van der Waals surface area contributed by atoms with Crippen molar-refractivity contribution in [3.8, 4) is 0 Å². The zero-order valence-electron chi connectivity index (χ0n) is 21.2. The van der Waals surface area contributed by atoms with Gasteiger partial charge in [0.1, 0.15) is 11.6 Å². The Morgan fingerprint density at radius 2 is 1.57 bits per heavy atom. The van der Waals surface area contributed by atoms with Gasteiger partial charge in [0.05, 0.1) is 5.56 Å². The molecule has 0 spiro atoms. The number of benzene rings is 3. The number of rotatable bonds is 10. The molecule has 3 rings (SSSR count). The van der Waals surface area contributed by atoms with Crippen LogP contribution in [0.15, 0.2) is 60.7 Å². The fraction of sp³-hybridized carbons (Fsp3) is 0.300.